The highest BCUT2D eigenvalue weighted by molar-refractivity contribution is 7.89. The Morgan fingerprint density at radius 2 is 1.78 bits per heavy atom. The monoisotopic (exact) mass is 377 g/mol. The van der Waals surface area contributed by atoms with E-state index in [0.29, 0.717) is 11.4 Å². The van der Waals surface area contributed by atoms with E-state index in [0.717, 1.165) is 16.7 Å². The van der Waals surface area contributed by atoms with E-state index in [9.17, 15) is 8.42 Å². The second kappa shape index (κ2) is 6.63. The highest BCUT2D eigenvalue weighted by Gasteiger charge is 2.51. The molecule has 0 amide bonds. The number of benzene rings is 2. The first-order chi connectivity index (χ1) is 12.9. The van der Waals surface area contributed by atoms with Crippen molar-refractivity contribution in [1.82, 2.24) is 4.31 Å². The molecule has 0 aromatic heterocycles. The molecule has 0 N–H and O–H groups in total. The van der Waals surface area contributed by atoms with Crippen molar-refractivity contribution in [2.45, 2.75) is 24.3 Å². The van der Waals surface area contributed by atoms with Crippen molar-refractivity contribution in [3.8, 4) is 0 Å². The number of hydrogen-bond donors (Lipinski definition) is 0. The largest absolute Gasteiger partial charge is 0.244 e. The minimum Gasteiger partial charge on any atom is -0.207 e. The van der Waals surface area contributed by atoms with Gasteiger partial charge in [-0.05, 0) is 37.1 Å². The van der Waals surface area contributed by atoms with E-state index in [2.05, 4.69) is 24.3 Å². The SMILES string of the molecule is Cc1ccc(S(=O)(=O)N2CC=C3C=C[C@H](/C=C/c4ccccc4)[C@]32C)cc1. The normalized spacial score (nSPS) is 25.1. The summed E-state index contributed by atoms with van der Waals surface area (Å²) >= 11 is 0. The third-order valence-corrected chi connectivity index (χ3v) is 7.59. The van der Waals surface area contributed by atoms with Gasteiger partial charge in [0.1, 0.15) is 0 Å². The molecule has 4 rings (SSSR count). The molecule has 27 heavy (non-hydrogen) atoms. The van der Waals surface area contributed by atoms with Crippen LogP contribution in [0.1, 0.15) is 18.1 Å². The first-order valence-corrected chi connectivity index (χ1v) is 10.6. The fourth-order valence-electron chi connectivity index (χ4n) is 3.93. The van der Waals surface area contributed by atoms with Crippen molar-refractivity contribution < 1.29 is 8.42 Å². The molecule has 0 saturated carbocycles. The third-order valence-electron chi connectivity index (χ3n) is 5.62. The number of nitrogens with zero attached hydrogens (tertiary/aromatic N) is 1. The molecule has 2 aromatic carbocycles. The van der Waals surface area contributed by atoms with Gasteiger partial charge >= 0.3 is 0 Å². The van der Waals surface area contributed by atoms with Crippen molar-refractivity contribution >= 4 is 16.1 Å². The maximum Gasteiger partial charge on any atom is 0.244 e. The molecule has 3 nitrogen and oxygen atoms in total. The number of hydrogen-bond acceptors (Lipinski definition) is 2. The zero-order chi connectivity index (χ0) is 19.1. The number of fused-ring (bicyclic) bond motifs is 1. The number of rotatable bonds is 4. The predicted molar refractivity (Wildman–Crippen MR) is 110 cm³/mol. The molecule has 1 aliphatic heterocycles. The van der Waals surface area contributed by atoms with Crippen LogP contribution in [0.15, 0.2) is 89.4 Å². The highest BCUT2D eigenvalue weighted by atomic mass is 32.2. The molecule has 2 atom stereocenters. The summed E-state index contributed by atoms with van der Waals surface area (Å²) in [5, 5.41) is 0. The molecule has 0 bridgehead atoms. The van der Waals surface area contributed by atoms with Crippen molar-refractivity contribution in [2.24, 2.45) is 5.92 Å². The predicted octanol–water partition coefficient (Wildman–Crippen LogP) is 4.58. The van der Waals surface area contributed by atoms with E-state index in [1.807, 2.05) is 62.4 Å². The summed E-state index contributed by atoms with van der Waals surface area (Å²) in [5.41, 5.74) is 2.64. The first kappa shape index (κ1) is 18.0. The van der Waals surface area contributed by atoms with E-state index in [1.165, 1.54) is 0 Å². The first-order valence-electron chi connectivity index (χ1n) is 9.14. The molecule has 138 valence electrons. The van der Waals surface area contributed by atoms with Gasteiger partial charge in [0.05, 0.1) is 10.4 Å². The van der Waals surface area contributed by atoms with Gasteiger partial charge in [0, 0.05) is 12.5 Å². The van der Waals surface area contributed by atoms with Gasteiger partial charge in [-0.15, -0.1) is 0 Å². The molecule has 4 heteroatoms. The summed E-state index contributed by atoms with van der Waals surface area (Å²) in [6.45, 7) is 4.39. The molecule has 0 saturated heterocycles. The van der Waals surface area contributed by atoms with Crippen LogP contribution < -0.4 is 0 Å². The summed E-state index contributed by atoms with van der Waals surface area (Å²) in [6, 6.07) is 17.2. The quantitative estimate of drug-likeness (QED) is 0.782. The van der Waals surface area contributed by atoms with Gasteiger partial charge in [-0.25, -0.2) is 8.42 Å². The Morgan fingerprint density at radius 3 is 2.48 bits per heavy atom. The molecule has 0 radical (unpaired) electrons. The Morgan fingerprint density at radius 1 is 1.07 bits per heavy atom. The lowest BCUT2D eigenvalue weighted by atomic mass is 9.86. The third kappa shape index (κ3) is 2.99. The lowest BCUT2D eigenvalue weighted by Crippen LogP contribution is -2.49. The highest BCUT2D eigenvalue weighted by Crippen LogP contribution is 2.46. The van der Waals surface area contributed by atoms with Crippen LogP contribution in [-0.4, -0.2) is 24.8 Å². The van der Waals surface area contributed by atoms with Crippen molar-refractivity contribution in [2.75, 3.05) is 6.54 Å². The standard InChI is InChI=1S/C23H23NO2S/c1-18-8-14-22(15-9-18)27(25,26)24-17-16-21-13-12-20(23(21,24)2)11-10-19-6-4-3-5-7-19/h3-16,20H,17H2,1-2H3/b11-10+/t20-,23+/m0/s1. The van der Waals surface area contributed by atoms with E-state index in [-0.39, 0.29) is 5.92 Å². The summed E-state index contributed by atoms with van der Waals surface area (Å²) in [7, 11) is -3.58. The van der Waals surface area contributed by atoms with Crippen LogP contribution in [-0.2, 0) is 10.0 Å². The maximum atomic E-state index is 13.4. The summed E-state index contributed by atoms with van der Waals surface area (Å²) < 4.78 is 28.3. The Balaban J connectivity index is 1.68. The Bertz CT molecular complexity index is 1030. The van der Waals surface area contributed by atoms with Gasteiger partial charge in [0.25, 0.3) is 0 Å². The van der Waals surface area contributed by atoms with Gasteiger partial charge in [-0.3, -0.25) is 0 Å². The minimum absolute atomic E-state index is 0.00770. The average Bonchev–Trinajstić information content (AvgIpc) is 3.16. The van der Waals surface area contributed by atoms with Crippen LogP contribution in [0.4, 0.5) is 0 Å². The van der Waals surface area contributed by atoms with E-state index in [1.54, 1.807) is 16.4 Å². The van der Waals surface area contributed by atoms with Crippen molar-refractivity contribution in [3.63, 3.8) is 0 Å². The summed E-state index contributed by atoms with van der Waals surface area (Å²) in [5.74, 6) is -0.00770. The topological polar surface area (TPSA) is 37.4 Å². The Labute approximate surface area is 161 Å². The average molecular weight is 378 g/mol. The van der Waals surface area contributed by atoms with E-state index in [4.69, 9.17) is 0 Å². The van der Waals surface area contributed by atoms with E-state index < -0.39 is 15.6 Å². The summed E-state index contributed by atoms with van der Waals surface area (Å²) in [4.78, 5) is 0.349. The van der Waals surface area contributed by atoms with Crippen LogP contribution in [0.2, 0.25) is 0 Å². The van der Waals surface area contributed by atoms with Gasteiger partial charge in [-0.2, -0.15) is 4.31 Å². The van der Waals surface area contributed by atoms with Gasteiger partial charge in [0.15, 0.2) is 0 Å². The van der Waals surface area contributed by atoms with Gasteiger partial charge < -0.3 is 0 Å². The lowest BCUT2D eigenvalue weighted by molar-refractivity contribution is 0.264. The van der Waals surface area contributed by atoms with Gasteiger partial charge in [-0.1, -0.05) is 78.4 Å². The maximum absolute atomic E-state index is 13.4. The second-order valence-electron chi connectivity index (χ2n) is 7.31. The van der Waals surface area contributed by atoms with Crippen LogP contribution in [0.3, 0.4) is 0 Å². The summed E-state index contributed by atoms with van der Waals surface area (Å²) in [6.07, 6.45) is 10.4. The molecule has 0 fully saturated rings. The molecule has 1 aliphatic carbocycles. The number of sulfonamides is 1. The Hall–Kier alpha value is -2.43. The number of aryl methyl sites for hydroxylation is 1. The van der Waals surface area contributed by atoms with E-state index >= 15 is 0 Å². The second-order valence-corrected chi connectivity index (χ2v) is 9.17. The Kier molecular flexibility index (Phi) is 4.41. The molecule has 2 aliphatic rings. The van der Waals surface area contributed by atoms with Crippen molar-refractivity contribution in [3.05, 3.63) is 95.6 Å². The molecule has 1 heterocycles. The molecule has 0 unspecified atom stereocenters. The fraction of sp³-hybridized carbons (Fsp3) is 0.217. The van der Waals surface area contributed by atoms with Gasteiger partial charge in [0.2, 0.25) is 10.0 Å². The van der Waals surface area contributed by atoms with Crippen LogP contribution >= 0.6 is 0 Å². The molecule has 2 aromatic rings. The minimum atomic E-state index is -3.58. The molecular weight excluding hydrogens is 354 g/mol. The van der Waals surface area contributed by atoms with Crippen LogP contribution in [0.5, 0.6) is 0 Å². The zero-order valence-electron chi connectivity index (χ0n) is 15.5. The smallest absolute Gasteiger partial charge is 0.207 e. The van der Waals surface area contributed by atoms with Crippen LogP contribution in [0.25, 0.3) is 6.08 Å². The lowest BCUT2D eigenvalue weighted by Gasteiger charge is -2.37. The molecular formula is C23H23NO2S. The fourth-order valence-corrected chi connectivity index (χ4v) is 5.66. The zero-order valence-corrected chi connectivity index (χ0v) is 16.4. The van der Waals surface area contributed by atoms with Crippen molar-refractivity contribution in [1.29, 1.82) is 0 Å². The van der Waals surface area contributed by atoms with Crippen LogP contribution in [0, 0.1) is 12.8 Å². The molecule has 0 spiro atoms.